The molecule has 0 saturated heterocycles. The van der Waals surface area contributed by atoms with Crippen LogP contribution < -0.4 is 11.3 Å². The Balaban J connectivity index is 1.69. The van der Waals surface area contributed by atoms with E-state index < -0.39 is 0 Å². The zero-order chi connectivity index (χ0) is 14.2. The van der Waals surface area contributed by atoms with Crippen LogP contribution in [-0.4, -0.2) is 6.04 Å². The van der Waals surface area contributed by atoms with Crippen molar-refractivity contribution >= 4 is 0 Å². The van der Waals surface area contributed by atoms with Crippen LogP contribution in [-0.2, 0) is 6.42 Å². The third kappa shape index (κ3) is 2.51. The molecule has 0 aliphatic heterocycles. The summed E-state index contributed by atoms with van der Waals surface area (Å²) in [6.07, 6.45) is 7.86. The fourth-order valence-corrected chi connectivity index (χ4v) is 4.49. The van der Waals surface area contributed by atoms with Crippen molar-refractivity contribution in [3.8, 4) is 0 Å². The van der Waals surface area contributed by atoms with Crippen molar-refractivity contribution in [3.05, 3.63) is 35.4 Å². The molecule has 0 aromatic heterocycles. The molecule has 3 atom stereocenters. The molecule has 3 N–H and O–H groups in total. The Morgan fingerprint density at radius 2 is 2.10 bits per heavy atom. The molecule has 0 spiro atoms. The van der Waals surface area contributed by atoms with Crippen LogP contribution in [0.25, 0.3) is 0 Å². The molecular formula is C18H28N2. The van der Waals surface area contributed by atoms with E-state index in [9.17, 15) is 0 Å². The summed E-state index contributed by atoms with van der Waals surface area (Å²) in [6.45, 7) is 4.85. The summed E-state index contributed by atoms with van der Waals surface area (Å²) in [5.41, 5.74) is 6.68. The first-order chi connectivity index (χ1) is 9.62. The van der Waals surface area contributed by atoms with Crippen LogP contribution in [0.4, 0.5) is 0 Å². The number of hydrazine groups is 1. The second-order valence-electron chi connectivity index (χ2n) is 7.45. The van der Waals surface area contributed by atoms with Crippen molar-refractivity contribution in [1.29, 1.82) is 0 Å². The summed E-state index contributed by atoms with van der Waals surface area (Å²) in [7, 11) is 0. The highest BCUT2D eigenvalue weighted by molar-refractivity contribution is 5.40. The van der Waals surface area contributed by atoms with E-state index >= 15 is 0 Å². The van der Waals surface area contributed by atoms with Crippen molar-refractivity contribution in [2.45, 2.75) is 64.3 Å². The molecule has 2 heteroatoms. The first kappa shape index (κ1) is 14.1. The van der Waals surface area contributed by atoms with Gasteiger partial charge in [0.25, 0.3) is 0 Å². The molecule has 1 aromatic rings. The molecular weight excluding hydrogens is 244 g/mol. The van der Waals surface area contributed by atoms with E-state index in [1.54, 1.807) is 5.56 Å². The predicted octanol–water partition coefficient (Wildman–Crippen LogP) is 3.76. The smallest absolute Gasteiger partial charge is 0.0249 e. The van der Waals surface area contributed by atoms with E-state index in [1.807, 2.05) is 0 Å². The van der Waals surface area contributed by atoms with Gasteiger partial charge in [0.05, 0.1) is 0 Å². The molecule has 2 nitrogen and oxygen atoms in total. The minimum atomic E-state index is 0.429. The van der Waals surface area contributed by atoms with Crippen LogP contribution in [0, 0.1) is 11.3 Å². The molecule has 3 unspecified atom stereocenters. The van der Waals surface area contributed by atoms with Gasteiger partial charge in [-0.2, -0.15) is 0 Å². The molecule has 1 fully saturated rings. The van der Waals surface area contributed by atoms with Gasteiger partial charge in [0.2, 0.25) is 0 Å². The van der Waals surface area contributed by atoms with Gasteiger partial charge in [0, 0.05) is 6.04 Å². The zero-order valence-electron chi connectivity index (χ0n) is 12.9. The lowest BCUT2D eigenvalue weighted by Gasteiger charge is -2.45. The van der Waals surface area contributed by atoms with Gasteiger partial charge in [-0.25, -0.2) is 0 Å². The van der Waals surface area contributed by atoms with E-state index in [2.05, 4.69) is 43.5 Å². The Labute approximate surface area is 123 Å². The van der Waals surface area contributed by atoms with Crippen LogP contribution in [0.2, 0.25) is 0 Å². The van der Waals surface area contributed by atoms with E-state index in [0.29, 0.717) is 23.3 Å². The molecule has 1 saturated carbocycles. The Morgan fingerprint density at radius 3 is 2.80 bits per heavy atom. The number of benzene rings is 1. The SMILES string of the molecule is CC1(C)CCCCC1C(CC1Cc2ccccc21)NN. The maximum atomic E-state index is 5.92. The number of rotatable bonds is 4. The molecule has 2 aliphatic rings. The van der Waals surface area contributed by atoms with Gasteiger partial charge in [-0.15, -0.1) is 0 Å². The monoisotopic (exact) mass is 272 g/mol. The summed E-state index contributed by atoms with van der Waals surface area (Å²) < 4.78 is 0. The fourth-order valence-electron chi connectivity index (χ4n) is 4.49. The van der Waals surface area contributed by atoms with Gasteiger partial charge in [-0.1, -0.05) is 51.0 Å². The summed E-state index contributed by atoms with van der Waals surface area (Å²) in [6, 6.07) is 9.34. The second kappa shape index (κ2) is 5.50. The highest BCUT2D eigenvalue weighted by atomic mass is 15.2. The van der Waals surface area contributed by atoms with Crippen LogP contribution in [0.15, 0.2) is 24.3 Å². The molecule has 20 heavy (non-hydrogen) atoms. The average molecular weight is 272 g/mol. The Kier molecular flexibility index (Phi) is 3.87. The zero-order valence-corrected chi connectivity index (χ0v) is 12.9. The minimum Gasteiger partial charge on any atom is -0.271 e. The van der Waals surface area contributed by atoms with Crippen LogP contribution in [0.3, 0.4) is 0 Å². The number of nitrogens with two attached hydrogens (primary N) is 1. The molecule has 0 bridgehead atoms. The largest absolute Gasteiger partial charge is 0.271 e. The van der Waals surface area contributed by atoms with E-state index in [-0.39, 0.29) is 0 Å². The van der Waals surface area contributed by atoms with Gasteiger partial charge in [0.15, 0.2) is 0 Å². The van der Waals surface area contributed by atoms with Gasteiger partial charge in [0.1, 0.15) is 0 Å². The second-order valence-corrected chi connectivity index (χ2v) is 7.45. The maximum absolute atomic E-state index is 5.92. The highest BCUT2D eigenvalue weighted by Crippen LogP contribution is 2.46. The Morgan fingerprint density at radius 1 is 1.30 bits per heavy atom. The number of fused-ring (bicyclic) bond motifs is 1. The number of hydrogen-bond acceptors (Lipinski definition) is 2. The molecule has 3 rings (SSSR count). The molecule has 110 valence electrons. The number of nitrogens with one attached hydrogen (secondary N) is 1. The maximum Gasteiger partial charge on any atom is 0.0249 e. The van der Waals surface area contributed by atoms with Crippen molar-refractivity contribution in [3.63, 3.8) is 0 Å². The lowest BCUT2D eigenvalue weighted by atomic mass is 9.63. The fraction of sp³-hybridized carbons (Fsp3) is 0.667. The Hall–Kier alpha value is -0.860. The van der Waals surface area contributed by atoms with Gasteiger partial charge >= 0.3 is 0 Å². The van der Waals surface area contributed by atoms with Gasteiger partial charge in [-0.3, -0.25) is 11.3 Å². The lowest BCUT2D eigenvalue weighted by Crippen LogP contribution is -2.49. The molecule has 2 aliphatic carbocycles. The predicted molar refractivity (Wildman–Crippen MR) is 84.4 cm³/mol. The molecule has 0 heterocycles. The van der Waals surface area contributed by atoms with Crippen molar-refractivity contribution in [1.82, 2.24) is 5.43 Å². The third-order valence-corrected chi connectivity index (χ3v) is 5.79. The Bertz CT molecular complexity index is 466. The minimum absolute atomic E-state index is 0.429. The molecule has 0 radical (unpaired) electrons. The van der Waals surface area contributed by atoms with E-state index in [0.717, 1.165) is 0 Å². The third-order valence-electron chi connectivity index (χ3n) is 5.79. The summed E-state index contributed by atoms with van der Waals surface area (Å²) in [5.74, 6) is 7.35. The highest BCUT2D eigenvalue weighted by Gasteiger charge is 2.39. The topological polar surface area (TPSA) is 38.0 Å². The quantitative estimate of drug-likeness (QED) is 0.647. The first-order valence-electron chi connectivity index (χ1n) is 8.16. The first-order valence-corrected chi connectivity index (χ1v) is 8.16. The summed E-state index contributed by atoms with van der Waals surface area (Å²) in [4.78, 5) is 0. The van der Waals surface area contributed by atoms with Crippen molar-refractivity contribution < 1.29 is 0 Å². The summed E-state index contributed by atoms with van der Waals surface area (Å²) >= 11 is 0. The normalized spacial score (nSPS) is 29.4. The average Bonchev–Trinajstić information content (AvgIpc) is 2.41. The van der Waals surface area contributed by atoms with Gasteiger partial charge < -0.3 is 0 Å². The van der Waals surface area contributed by atoms with E-state index in [1.165, 1.54) is 44.1 Å². The molecule has 0 amide bonds. The standard InChI is InChI=1S/C18H28N2/c1-18(2)10-6-5-9-16(18)17(20-19)12-14-11-13-7-3-4-8-15(13)14/h3-4,7-8,14,16-17,20H,5-6,9-12,19H2,1-2H3. The molecule has 1 aromatic carbocycles. The van der Waals surface area contributed by atoms with Crippen LogP contribution >= 0.6 is 0 Å². The van der Waals surface area contributed by atoms with Crippen LogP contribution in [0.1, 0.15) is 63.0 Å². The number of hydrogen-bond donors (Lipinski definition) is 2. The summed E-state index contributed by atoms with van der Waals surface area (Å²) in [5, 5.41) is 0. The van der Waals surface area contributed by atoms with Gasteiger partial charge in [-0.05, 0) is 54.1 Å². The van der Waals surface area contributed by atoms with Crippen molar-refractivity contribution in [2.75, 3.05) is 0 Å². The lowest BCUT2D eigenvalue weighted by molar-refractivity contribution is 0.0906. The van der Waals surface area contributed by atoms with Crippen molar-refractivity contribution in [2.24, 2.45) is 17.2 Å². The van der Waals surface area contributed by atoms with E-state index in [4.69, 9.17) is 5.84 Å². The van der Waals surface area contributed by atoms with Crippen LogP contribution in [0.5, 0.6) is 0 Å².